The number of hydrogen-bond acceptors (Lipinski definition) is 6. The summed E-state index contributed by atoms with van der Waals surface area (Å²) in [6.07, 6.45) is 7.09. The molecule has 4 rings (SSSR count). The highest BCUT2D eigenvalue weighted by molar-refractivity contribution is 6.04. The van der Waals surface area contributed by atoms with E-state index in [1.807, 2.05) is 40.9 Å². The van der Waals surface area contributed by atoms with Crippen LogP contribution in [-0.2, 0) is 18.3 Å². The van der Waals surface area contributed by atoms with E-state index in [4.69, 9.17) is 9.72 Å². The van der Waals surface area contributed by atoms with Crippen LogP contribution in [0.25, 0.3) is 11.3 Å². The third-order valence-electron chi connectivity index (χ3n) is 5.99. The highest BCUT2D eigenvalue weighted by Crippen LogP contribution is 2.34. The molecule has 0 bridgehead atoms. The second-order valence-electron chi connectivity index (χ2n) is 9.66. The van der Waals surface area contributed by atoms with Crippen LogP contribution >= 0.6 is 0 Å². The van der Waals surface area contributed by atoms with Crippen LogP contribution in [0.5, 0.6) is 0 Å². The molecule has 32 heavy (non-hydrogen) atoms. The van der Waals surface area contributed by atoms with E-state index in [1.54, 1.807) is 10.9 Å². The van der Waals surface area contributed by atoms with Crippen LogP contribution in [0.3, 0.4) is 0 Å². The fourth-order valence-electron chi connectivity index (χ4n) is 4.45. The van der Waals surface area contributed by atoms with E-state index in [9.17, 15) is 9.59 Å². The van der Waals surface area contributed by atoms with Gasteiger partial charge in [-0.25, -0.2) is 9.78 Å². The molecule has 1 aliphatic carbocycles. The van der Waals surface area contributed by atoms with E-state index in [0.717, 1.165) is 48.2 Å². The maximum absolute atomic E-state index is 12.5. The fourth-order valence-corrected chi connectivity index (χ4v) is 4.45. The largest absolute Gasteiger partial charge is 0.444 e. The first-order chi connectivity index (χ1) is 15.1. The number of aryl methyl sites for hydroxylation is 1. The maximum Gasteiger partial charge on any atom is 0.407 e. The Balaban J connectivity index is 1.63. The summed E-state index contributed by atoms with van der Waals surface area (Å²) in [7, 11) is 1.84. The van der Waals surface area contributed by atoms with Crippen molar-refractivity contribution in [3.8, 4) is 11.3 Å². The van der Waals surface area contributed by atoms with Gasteiger partial charge < -0.3 is 20.7 Å². The van der Waals surface area contributed by atoms with Gasteiger partial charge in [0.1, 0.15) is 11.4 Å². The van der Waals surface area contributed by atoms with Gasteiger partial charge >= 0.3 is 6.09 Å². The smallest absolute Gasteiger partial charge is 0.407 e. The number of alkyl carbamates (subject to hydrolysis) is 1. The van der Waals surface area contributed by atoms with Crippen LogP contribution in [0.15, 0.2) is 12.4 Å². The fraction of sp³-hybridized carbons (Fsp3) is 0.565. The van der Waals surface area contributed by atoms with Gasteiger partial charge in [0.25, 0.3) is 5.91 Å². The molecule has 1 saturated carbocycles. The Bertz CT molecular complexity index is 1040. The Morgan fingerprint density at radius 1 is 1.25 bits per heavy atom. The number of rotatable bonds is 4. The van der Waals surface area contributed by atoms with Gasteiger partial charge in [0, 0.05) is 31.4 Å². The van der Waals surface area contributed by atoms with Gasteiger partial charge in [0.2, 0.25) is 0 Å². The second-order valence-corrected chi connectivity index (χ2v) is 9.66. The number of nitrogens with zero attached hydrogens (tertiary/aromatic N) is 3. The molecule has 2 atom stereocenters. The third-order valence-corrected chi connectivity index (χ3v) is 5.99. The third kappa shape index (κ3) is 4.56. The summed E-state index contributed by atoms with van der Waals surface area (Å²) in [5.74, 6) is 0.630. The summed E-state index contributed by atoms with van der Waals surface area (Å²) in [6.45, 7) is 8.04. The zero-order valence-electron chi connectivity index (χ0n) is 19.4. The maximum atomic E-state index is 12.5. The molecule has 9 nitrogen and oxygen atoms in total. The highest BCUT2D eigenvalue weighted by atomic mass is 16.6. The van der Waals surface area contributed by atoms with Crippen LogP contribution in [0.1, 0.15) is 67.9 Å². The van der Waals surface area contributed by atoms with Gasteiger partial charge in [-0.3, -0.25) is 9.48 Å². The Hall–Kier alpha value is -3.10. The minimum atomic E-state index is -0.544. The number of pyridine rings is 1. The van der Waals surface area contributed by atoms with Gasteiger partial charge in [0.05, 0.1) is 23.5 Å². The number of aromatic nitrogens is 3. The summed E-state index contributed by atoms with van der Waals surface area (Å²) < 4.78 is 7.17. The summed E-state index contributed by atoms with van der Waals surface area (Å²) >= 11 is 0. The van der Waals surface area contributed by atoms with E-state index >= 15 is 0 Å². The van der Waals surface area contributed by atoms with E-state index in [0.29, 0.717) is 17.8 Å². The molecule has 0 radical (unpaired) electrons. The van der Waals surface area contributed by atoms with Crippen LogP contribution in [0.4, 0.5) is 10.6 Å². The van der Waals surface area contributed by atoms with Gasteiger partial charge in [0.15, 0.2) is 0 Å². The number of carbonyl (C=O) groups is 2. The van der Waals surface area contributed by atoms with Crippen molar-refractivity contribution < 1.29 is 14.3 Å². The molecule has 3 heterocycles. The Kier molecular flexibility index (Phi) is 5.83. The Morgan fingerprint density at radius 2 is 1.97 bits per heavy atom. The van der Waals surface area contributed by atoms with E-state index in [1.165, 1.54) is 0 Å². The zero-order chi connectivity index (χ0) is 23.0. The predicted octanol–water partition coefficient (Wildman–Crippen LogP) is 3.28. The molecule has 2 amide bonds. The van der Waals surface area contributed by atoms with Crippen molar-refractivity contribution >= 4 is 17.8 Å². The first-order valence-corrected chi connectivity index (χ1v) is 11.2. The van der Waals surface area contributed by atoms with Crippen molar-refractivity contribution in [2.75, 3.05) is 5.32 Å². The molecule has 0 spiro atoms. The SMILES string of the molecule is Cc1c(N[C@@H]2CCCC[C@@H]2NC(=O)OC(C)(C)C)nc(-c2cnn(C)c2)c2c1CNC2=O. The average molecular weight is 441 g/mol. The summed E-state index contributed by atoms with van der Waals surface area (Å²) in [4.78, 5) is 29.8. The average Bonchev–Trinajstić information content (AvgIpc) is 3.30. The summed E-state index contributed by atoms with van der Waals surface area (Å²) in [5.41, 5.74) is 3.41. The number of amides is 2. The van der Waals surface area contributed by atoms with Crippen molar-refractivity contribution in [1.82, 2.24) is 25.4 Å². The zero-order valence-corrected chi connectivity index (χ0v) is 19.4. The second kappa shape index (κ2) is 8.44. The minimum absolute atomic E-state index is 0.0207. The molecule has 1 aliphatic heterocycles. The monoisotopic (exact) mass is 440 g/mol. The highest BCUT2D eigenvalue weighted by Gasteiger charge is 2.32. The summed E-state index contributed by atoms with van der Waals surface area (Å²) in [5, 5.41) is 13.8. The number of ether oxygens (including phenoxy) is 1. The number of hydrogen-bond donors (Lipinski definition) is 3. The molecular weight excluding hydrogens is 408 g/mol. The molecular formula is C23H32N6O3. The Morgan fingerprint density at radius 3 is 2.62 bits per heavy atom. The summed E-state index contributed by atoms with van der Waals surface area (Å²) in [6, 6.07) is -0.0398. The van der Waals surface area contributed by atoms with Crippen LogP contribution in [0, 0.1) is 6.92 Å². The molecule has 3 N–H and O–H groups in total. The van der Waals surface area contributed by atoms with Gasteiger partial charge in [-0.15, -0.1) is 0 Å². The topological polar surface area (TPSA) is 110 Å². The molecule has 0 unspecified atom stereocenters. The van der Waals surface area contributed by atoms with Gasteiger partial charge in [-0.2, -0.15) is 5.10 Å². The first-order valence-electron chi connectivity index (χ1n) is 11.2. The molecule has 9 heteroatoms. The van der Waals surface area contributed by atoms with Crippen molar-refractivity contribution in [1.29, 1.82) is 0 Å². The number of anilines is 1. The number of carbonyl (C=O) groups excluding carboxylic acids is 2. The molecule has 2 aromatic rings. The van der Waals surface area contributed by atoms with Gasteiger partial charge in [-0.05, 0) is 51.7 Å². The standard InChI is InChI=1S/C23H32N6O3/c1-13-15-11-24-21(30)18(15)19(14-10-25-29(5)12-14)28-20(13)26-16-8-6-7-9-17(16)27-22(31)32-23(2,3)4/h10,12,16-17H,6-9,11H2,1-5H3,(H,24,30)(H,26,28)(H,27,31)/t16-,17+/m1/s1. The van der Waals surface area contributed by atoms with Gasteiger partial charge in [-0.1, -0.05) is 12.8 Å². The molecule has 172 valence electrons. The van der Waals surface area contributed by atoms with Crippen LogP contribution in [-0.4, -0.2) is 44.4 Å². The van der Waals surface area contributed by atoms with Crippen molar-refractivity contribution in [3.63, 3.8) is 0 Å². The normalized spacial score (nSPS) is 20.5. The number of nitrogens with one attached hydrogen (secondary N) is 3. The predicted molar refractivity (Wildman–Crippen MR) is 121 cm³/mol. The van der Waals surface area contributed by atoms with Crippen LogP contribution < -0.4 is 16.0 Å². The lowest BCUT2D eigenvalue weighted by Gasteiger charge is -2.34. The van der Waals surface area contributed by atoms with E-state index in [-0.39, 0.29) is 18.0 Å². The molecule has 1 fully saturated rings. The molecule has 0 aromatic carbocycles. The van der Waals surface area contributed by atoms with E-state index in [2.05, 4.69) is 21.0 Å². The Labute approximate surface area is 188 Å². The lowest BCUT2D eigenvalue weighted by Crippen LogP contribution is -2.50. The van der Waals surface area contributed by atoms with E-state index < -0.39 is 11.7 Å². The molecule has 2 aliphatic rings. The quantitative estimate of drug-likeness (QED) is 0.673. The molecule has 2 aromatic heterocycles. The van der Waals surface area contributed by atoms with Crippen molar-refractivity contribution in [2.24, 2.45) is 7.05 Å². The first kappa shape index (κ1) is 22.1. The van der Waals surface area contributed by atoms with Crippen LogP contribution in [0.2, 0.25) is 0 Å². The molecule has 0 saturated heterocycles. The lowest BCUT2D eigenvalue weighted by atomic mass is 9.90. The van der Waals surface area contributed by atoms with Crippen molar-refractivity contribution in [3.05, 3.63) is 29.1 Å². The minimum Gasteiger partial charge on any atom is -0.444 e. The number of fused-ring (bicyclic) bond motifs is 1. The lowest BCUT2D eigenvalue weighted by molar-refractivity contribution is 0.0488. The van der Waals surface area contributed by atoms with Crippen molar-refractivity contribution in [2.45, 2.75) is 77.6 Å².